The fourth-order valence-corrected chi connectivity index (χ4v) is 1.58. The summed E-state index contributed by atoms with van der Waals surface area (Å²) in [5.74, 6) is 0.387. The molecular weight excluding hydrogens is 164 g/mol. The Balaban J connectivity index is 3.26. The number of hydrogen-bond donors (Lipinski definition) is 1. The fraction of sp³-hybridized carbons (Fsp3) is 0.455. The molecule has 0 aliphatic rings. The first-order valence-corrected chi connectivity index (χ1v) is 4.35. The Labute approximate surface area is 79.2 Å². The summed E-state index contributed by atoms with van der Waals surface area (Å²) in [5, 5.41) is 9.68. The van der Waals surface area contributed by atoms with Gasteiger partial charge in [0.1, 0.15) is 5.75 Å². The van der Waals surface area contributed by atoms with Crippen LogP contribution < -0.4 is 0 Å². The molecule has 1 N–H and O–H groups in total. The number of aryl methyl sites for hydroxylation is 2. The van der Waals surface area contributed by atoms with E-state index in [0.29, 0.717) is 12.4 Å². The van der Waals surface area contributed by atoms with Crippen LogP contribution in [0.3, 0.4) is 0 Å². The fourth-order valence-electron chi connectivity index (χ4n) is 1.58. The molecule has 13 heavy (non-hydrogen) atoms. The third-order valence-electron chi connectivity index (χ3n) is 2.38. The van der Waals surface area contributed by atoms with Crippen molar-refractivity contribution in [2.24, 2.45) is 0 Å². The molecule has 0 saturated heterocycles. The number of ether oxygens (including phenoxy) is 1. The number of phenolic OH excluding ortho intramolecular Hbond substituents is 1. The van der Waals surface area contributed by atoms with Gasteiger partial charge in [0.25, 0.3) is 0 Å². The lowest BCUT2D eigenvalue weighted by atomic mass is 9.99. The highest BCUT2D eigenvalue weighted by molar-refractivity contribution is 5.47. The number of benzene rings is 1. The molecule has 1 aromatic rings. The summed E-state index contributed by atoms with van der Waals surface area (Å²) in [6.45, 7) is 6.43. The van der Waals surface area contributed by atoms with Crippen molar-refractivity contribution in [3.63, 3.8) is 0 Å². The summed E-state index contributed by atoms with van der Waals surface area (Å²) in [6, 6.07) is 1.98. The quantitative estimate of drug-likeness (QED) is 0.757. The Kier molecular flexibility index (Phi) is 2.94. The molecule has 0 bridgehead atoms. The molecule has 72 valence electrons. The van der Waals surface area contributed by atoms with E-state index in [-0.39, 0.29) is 0 Å². The van der Waals surface area contributed by atoms with Crippen molar-refractivity contribution in [2.75, 3.05) is 7.11 Å². The van der Waals surface area contributed by atoms with Crippen LogP contribution in [0.1, 0.15) is 22.3 Å². The van der Waals surface area contributed by atoms with Crippen LogP contribution in [-0.4, -0.2) is 12.2 Å². The average Bonchev–Trinajstić information content (AvgIpc) is 2.09. The number of aromatic hydroxyl groups is 1. The first-order chi connectivity index (χ1) is 6.07. The molecule has 0 fully saturated rings. The van der Waals surface area contributed by atoms with Gasteiger partial charge in [0.2, 0.25) is 0 Å². The maximum Gasteiger partial charge on any atom is 0.121 e. The molecule has 0 amide bonds. The molecule has 0 unspecified atom stereocenters. The van der Waals surface area contributed by atoms with Crippen molar-refractivity contribution in [1.29, 1.82) is 0 Å². The minimum Gasteiger partial charge on any atom is -0.507 e. The van der Waals surface area contributed by atoms with Gasteiger partial charge in [-0.1, -0.05) is 6.07 Å². The van der Waals surface area contributed by atoms with Gasteiger partial charge in [-0.25, -0.2) is 0 Å². The van der Waals surface area contributed by atoms with Gasteiger partial charge in [0.05, 0.1) is 6.61 Å². The van der Waals surface area contributed by atoms with E-state index in [0.717, 1.165) is 16.7 Å². The molecule has 2 heteroatoms. The highest BCUT2D eigenvalue weighted by atomic mass is 16.5. The van der Waals surface area contributed by atoms with E-state index in [1.165, 1.54) is 5.56 Å². The Morgan fingerprint density at radius 2 is 1.85 bits per heavy atom. The molecule has 1 rings (SSSR count). The monoisotopic (exact) mass is 180 g/mol. The van der Waals surface area contributed by atoms with Crippen LogP contribution in [0.5, 0.6) is 5.75 Å². The van der Waals surface area contributed by atoms with Crippen LogP contribution >= 0.6 is 0 Å². The van der Waals surface area contributed by atoms with Gasteiger partial charge in [0.15, 0.2) is 0 Å². The van der Waals surface area contributed by atoms with Crippen LogP contribution in [0.2, 0.25) is 0 Å². The van der Waals surface area contributed by atoms with E-state index in [1.807, 2.05) is 26.8 Å². The molecule has 0 aromatic heterocycles. The molecule has 2 nitrogen and oxygen atoms in total. The Morgan fingerprint density at radius 1 is 1.23 bits per heavy atom. The average molecular weight is 180 g/mol. The zero-order chi connectivity index (χ0) is 10.0. The number of methoxy groups -OCH3 is 1. The lowest BCUT2D eigenvalue weighted by Crippen LogP contribution is -1.97. The first-order valence-electron chi connectivity index (χ1n) is 4.35. The first kappa shape index (κ1) is 10.1. The SMILES string of the molecule is COCc1c(C)cc(C)c(O)c1C. The number of rotatable bonds is 2. The second-order valence-electron chi connectivity index (χ2n) is 3.40. The third-order valence-corrected chi connectivity index (χ3v) is 2.38. The van der Waals surface area contributed by atoms with E-state index in [1.54, 1.807) is 7.11 Å². The predicted octanol–water partition coefficient (Wildman–Crippen LogP) is 2.46. The molecule has 0 radical (unpaired) electrons. The molecule has 0 aliphatic carbocycles. The Bertz CT molecular complexity index is 316. The van der Waals surface area contributed by atoms with Crippen LogP contribution in [0.15, 0.2) is 6.07 Å². The summed E-state index contributed by atoms with van der Waals surface area (Å²) in [6.07, 6.45) is 0. The molecule has 0 aliphatic heterocycles. The number of phenols is 1. The highest BCUT2D eigenvalue weighted by Crippen LogP contribution is 2.27. The zero-order valence-corrected chi connectivity index (χ0v) is 8.64. The largest absolute Gasteiger partial charge is 0.507 e. The topological polar surface area (TPSA) is 29.5 Å². The predicted molar refractivity (Wildman–Crippen MR) is 53.0 cm³/mol. The standard InChI is InChI=1S/C11H16O2/c1-7-5-8(2)11(12)9(3)10(7)6-13-4/h5,12H,6H2,1-4H3. The van der Waals surface area contributed by atoms with Crippen molar-refractivity contribution in [1.82, 2.24) is 0 Å². The molecule has 0 spiro atoms. The Morgan fingerprint density at radius 3 is 2.38 bits per heavy atom. The zero-order valence-electron chi connectivity index (χ0n) is 8.64. The normalized spacial score (nSPS) is 10.5. The highest BCUT2D eigenvalue weighted by Gasteiger charge is 2.09. The van der Waals surface area contributed by atoms with Crippen LogP contribution in [0.4, 0.5) is 0 Å². The summed E-state index contributed by atoms with van der Waals surface area (Å²) in [5.41, 5.74) is 4.12. The molecule has 1 aromatic carbocycles. The van der Waals surface area contributed by atoms with Crippen LogP contribution in [0.25, 0.3) is 0 Å². The number of hydrogen-bond acceptors (Lipinski definition) is 2. The van der Waals surface area contributed by atoms with Gasteiger partial charge in [-0.05, 0) is 43.0 Å². The van der Waals surface area contributed by atoms with Crippen molar-refractivity contribution in [2.45, 2.75) is 27.4 Å². The minimum absolute atomic E-state index is 0.387. The van der Waals surface area contributed by atoms with Gasteiger partial charge in [-0.15, -0.1) is 0 Å². The second-order valence-corrected chi connectivity index (χ2v) is 3.40. The van der Waals surface area contributed by atoms with Gasteiger partial charge >= 0.3 is 0 Å². The summed E-state index contributed by atoms with van der Waals surface area (Å²) in [7, 11) is 1.66. The van der Waals surface area contributed by atoms with Crippen molar-refractivity contribution in [3.05, 3.63) is 28.3 Å². The van der Waals surface area contributed by atoms with Crippen molar-refractivity contribution in [3.8, 4) is 5.75 Å². The van der Waals surface area contributed by atoms with E-state index in [2.05, 4.69) is 0 Å². The Hall–Kier alpha value is -1.02. The van der Waals surface area contributed by atoms with Crippen molar-refractivity contribution >= 4 is 0 Å². The van der Waals surface area contributed by atoms with Gasteiger partial charge in [-0.3, -0.25) is 0 Å². The summed E-state index contributed by atoms with van der Waals surface area (Å²) < 4.78 is 5.07. The van der Waals surface area contributed by atoms with E-state index >= 15 is 0 Å². The van der Waals surface area contributed by atoms with Crippen LogP contribution in [0, 0.1) is 20.8 Å². The van der Waals surface area contributed by atoms with Crippen molar-refractivity contribution < 1.29 is 9.84 Å². The maximum atomic E-state index is 9.68. The van der Waals surface area contributed by atoms with Crippen LogP contribution in [-0.2, 0) is 11.3 Å². The van der Waals surface area contributed by atoms with E-state index < -0.39 is 0 Å². The molecule has 0 atom stereocenters. The minimum atomic E-state index is 0.387. The van der Waals surface area contributed by atoms with Gasteiger partial charge in [0, 0.05) is 7.11 Å². The van der Waals surface area contributed by atoms with E-state index in [9.17, 15) is 5.11 Å². The van der Waals surface area contributed by atoms with E-state index in [4.69, 9.17) is 4.74 Å². The molecule has 0 heterocycles. The van der Waals surface area contributed by atoms with Gasteiger partial charge in [-0.2, -0.15) is 0 Å². The third kappa shape index (κ3) is 1.83. The lowest BCUT2D eigenvalue weighted by Gasteiger charge is -2.12. The summed E-state index contributed by atoms with van der Waals surface area (Å²) in [4.78, 5) is 0. The van der Waals surface area contributed by atoms with Gasteiger partial charge < -0.3 is 9.84 Å². The molecular formula is C11H16O2. The smallest absolute Gasteiger partial charge is 0.121 e. The maximum absolute atomic E-state index is 9.68. The molecule has 0 saturated carbocycles. The summed E-state index contributed by atoms with van der Waals surface area (Å²) >= 11 is 0. The lowest BCUT2D eigenvalue weighted by molar-refractivity contribution is 0.183. The second kappa shape index (κ2) is 3.79.